The van der Waals surface area contributed by atoms with Gasteiger partial charge < -0.3 is 15.0 Å². The Hall–Kier alpha value is -3.56. The molecule has 3 aromatic carbocycles. The first kappa shape index (κ1) is 31.0. The average molecular weight is 586 g/mol. The van der Waals surface area contributed by atoms with Gasteiger partial charge in [0, 0.05) is 13.1 Å². The van der Waals surface area contributed by atoms with Crippen LogP contribution in [0.2, 0.25) is 5.02 Å². The van der Waals surface area contributed by atoms with E-state index in [1.54, 1.807) is 24.3 Å². The third-order valence-electron chi connectivity index (χ3n) is 6.44. The number of halogens is 1. The normalized spacial score (nSPS) is 11.9. The van der Waals surface area contributed by atoms with E-state index in [0.29, 0.717) is 18.7 Å². The second kappa shape index (κ2) is 14.7. The van der Waals surface area contributed by atoms with Crippen LogP contribution >= 0.6 is 11.6 Å². The van der Waals surface area contributed by atoms with Gasteiger partial charge in [-0.2, -0.15) is 0 Å². The molecule has 0 aliphatic carbocycles. The molecule has 0 bridgehead atoms. The van der Waals surface area contributed by atoms with Crippen molar-refractivity contribution in [3.63, 3.8) is 0 Å². The minimum absolute atomic E-state index is 0.0219. The summed E-state index contributed by atoms with van der Waals surface area (Å²) >= 11 is 6.36. The minimum atomic E-state index is -4.18. The van der Waals surface area contributed by atoms with Crippen molar-refractivity contribution in [3.05, 3.63) is 89.4 Å². The maximum atomic E-state index is 14.0. The lowest BCUT2D eigenvalue weighted by atomic mass is 10.1. The number of unbranched alkanes of at least 4 members (excludes halogenated alkanes) is 1. The number of methoxy groups -OCH3 is 1. The molecule has 40 heavy (non-hydrogen) atoms. The number of carbonyl (C=O) groups excluding carboxylic acids is 2. The fourth-order valence-corrected chi connectivity index (χ4v) is 5.94. The highest BCUT2D eigenvalue weighted by atomic mass is 35.5. The fourth-order valence-electron chi connectivity index (χ4n) is 4.26. The Morgan fingerprint density at radius 1 is 0.975 bits per heavy atom. The van der Waals surface area contributed by atoms with Gasteiger partial charge in [0.2, 0.25) is 11.8 Å². The number of rotatable bonds is 14. The van der Waals surface area contributed by atoms with E-state index in [4.69, 9.17) is 16.3 Å². The van der Waals surface area contributed by atoms with Crippen LogP contribution in [0.15, 0.2) is 83.8 Å². The highest BCUT2D eigenvalue weighted by Gasteiger charge is 2.33. The Labute approximate surface area is 241 Å². The molecule has 0 radical (unpaired) electrons. The van der Waals surface area contributed by atoms with E-state index >= 15 is 0 Å². The maximum absolute atomic E-state index is 14.0. The quantitative estimate of drug-likeness (QED) is 0.260. The second-order valence-electron chi connectivity index (χ2n) is 9.22. The number of hydrogen-bond donors (Lipinski definition) is 1. The Balaban J connectivity index is 2.04. The van der Waals surface area contributed by atoms with Crippen molar-refractivity contribution < 1.29 is 22.7 Å². The molecule has 1 atom stereocenters. The summed E-state index contributed by atoms with van der Waals surface area (Å²) in [7, 11) is -2.72. The first-order valence-electron chi connectivity index (χ1n) is 13.2. The summed E-state index contributed by atoms with van der Waals surface area (Å²) in [4.78, 5) is 28.7. The van der Waals surface area contributed by atoms with Gasteiger partial charge in [0.1, 0.15) is 18.3 Å². The number of amides is 2. The number of nitrogens with one attached hydrogen (secondary N) is 1. The van der Waals surface area contributed by atoms with E-state index in [-0.39, 0.29) is 28.1 Å². The van der Waals surface area contributed by atoms with Crippen LogP contribution in [0.4, 0.5) is 5.69 Å². The number of sulfonamides is 1. The highest BCUT2D eigenvalue weighted by Crippen LogP contribution is 2.32. The Kier molecular flexibility index (Phi) is 11.4. The molecular weight excluding hydrogens is 550 g/mol. The van der Waals surface area contributed by atoms with Crippen molar-refractivity contribution in [1.82, 2.24) is 10.2 Å². The van der Waals surface area contributed by atoms with Crippen LogP contribution in [0.5, 0.6) is 5.75 Å². The third-order valence-corrected chi connectivity index (χ3v) is 8.53. The molecule has 0 fully saturated rings. The van der Waals surface area contributed by atoms with E-state index in [2.05, 4.69) is 5.32 Å². The lowest BCUT2D eigenvalue weighted by molar-refractivity contribution is -0.140. The molecule has 3 rings (SSSR count). The van der Waals surface area contributed by atoms with Gasteiger partial charge in [0.05, 0.1) is 22.7 Å². The summed E-state index contributed by atoms with van der Waals surface area (Å²) < 4.78 is 34.0. The van der Waals surface area contributed by atoms with Crippen LogP contribution in [0.3, 0.4) is 0 Å². The molecule has 2 amide bonds. The topological polar surface area (TPSA) is 96.0 Å². The standard InChI is InChI=1S/C30H36ClN3O5S/c1-4-6-19-32-30(36)27(5-2)33(21-23-13-9-7-10-14-23)29(35)22-34(24-17-18-28(39-3)26(31)20-24)40(37,38)25-15-11-8-12-16-25/h7-18,20,27H,4-6,19,21-22H2,1-3H3,(H,32,36)/t27-/m1/s1. The smallest absolute Gasteiger partial charge is 0.264 e. The zero-order valence-corrected chi connectivity index (χ0v) is 24.6. The molecule has 214 valence electrons. The van der Waals surface area contributed by atoms with Gasteiger partial charge >= 0.3 is 0 Å². The largest absolute Gasteiger partial charge is 0.495 e. The van der Waals surface area contributed by atoms with Gasteiger partial charge in [-0.1, -0.05) is 80.4 Å². The molecule has 0 aliphatic rings. The van der Waals surface area contributed by atoms with Gasteiger partial charge in [-0.3, -0.25) is 13.9 Å². The predicted octanol–water partition coefficient (Wildman–Crippen LogP) is 5.27. The molecule has 0 saturated heterocycles. The van der Waals surface area contributed by atoms with Gasteiger partial charge in [0.15, 0.2) is 0 Å². The third kappa shape index (κ3) is 7.76. The van der Waals surface area contributed by atoms with Crippen molar-refractivity contribution in [2.45, 2.75) is 50.6 Å². The van der Waals surface area contributed by atoms with Crippen LogP contribution in [0.25, 0.3) is 0 Å². The highest BCUT2D eigenvalue weighted by molar-refractivity contribution is 7.92. The number of anilines is 1. The molecule has 0 saturated carbocycles. The Morgan fingerprint density at radius 3 is 2.20 bits per heavy atom. The maximum Gasteiger partial charge on any atom is 0.264 e. The zero-order chi connectivity index (χ0) is 29.1. The lowest BCUT2D eigenvalue weighted by Gasteiger charge is -2.33. The average Bonchev–Trinajstić information content (AvgIpc) is 2.96. The number of hydrogen-bond acceptors (Lipinski definition) is 5. The molecule has 0 heterocycles. The molecule has 0 aliphatic heterocycles. The zero-order valence-electron chi connectivity index (χ0n) is 23.0. The van der Waals surface area contributed by atoms with Gasteiger partial charge in [-0.15, -0.1) is 0 Å². The van der Waals surface area contributed by atoms with Gasteiger partial charge in [-0.05, 0) is 48.7 Å². The van der Waals surface area contributed by atoms with Crippen molar-refractivity contribution in [2.75, 3.05) is 24.5 Å². The molecule has 10 heteroatoms. The summed E-state index contributed by atoms with van der Waals surface area (Å²) in [5, 5.41) is 3.12. The van der Waals surface area contributed by atoms with Gasteiger partial charge in [0.25, 0.3) is 10.0 Å². The molecular formula is C30H36ClN3O5S. The van der Waals surface area contributed by atoms with Gasteiger partial charge in [-0.25, -0.2) is 8.42 Å². The molecule has 3 aromatic rings. The SMILES string of the molecule is CCCCNC(=O)[C@@H](CC)N(Cc1ccccc1)C(=O)CN(c1ccc(OC)c(Cl)c1)S(=O)(=O)c1ccccc1. The predicted molar refractivity (Wildman–Crippen MR) is 158 cm³/mol. The number of ether oxygens (including phenoxy) is 1. The van der Waals surface area contributed by atoms with Crippen LogP contribution in [-0.2, 0) is 26.2 Å². The number of benzene rings is 3. The summed E-state index contributed by atoms with van der Waals surface area (Å²) in [6.45, 7) is 3.96. The van der Waals surface area contributed by atoms with Crippen molar-refractivity contribution in [1.29, 1.82) is 0 Å². The second-order valence-corrected chi connectivity index (χ2v) is 11.5. The molecule has 1 N–H and O–H groups in total. The minimum Gasteiger partial charge on any atom is -0.495 e. The number of carbonyl (C=O) groups is 2. The molecule has 8 nitrogen and oxygen atoms in total. The van der Waals surface area contributed by atoms with E-state index in [1.807, 2.05) is 44.2 Å². The monoisotopic (exact) mass is 585 g/mol. The fraction of sp³-hybridized carbons (Fsp3) is 0.333. The van der Waals surface area contributed by atoms with Crippen molar-refractivity contribution in [2.24, 2.45) is 0 Å². The van der Waals surface area contributed by atoms with E-state index in [0.717, 1.165) is 22.7 Å². The summed E-state index contributed by atoms with van der Waals surface area (Å²) in [5.74, 6) is -0.424. The van der Waals surface area contributed by atoms with Crippen molar-refractivity contribution >= 4 is 39.1 Å². The van der Waals surface area contributed by atoms with E-state index in [1.165, 1.54) is 36.3 Å². The van der Waals surface area contributed by atoms with Crippen molar-refractivity contribution in [3.8, 4) is 5.75 Å². The lowest BCUT2D eigenvalue weighted by Crippen LogP contribution is -2.52. The van der Waals surface area contributed by atoms with Crippen LogP contribution in [0.1, 0.15) is 38.7 Å². The van der Waals surface area contributed by atoms with E-state index in [9.17, 15) is 18.0 Å². The first-order valence-corrected chi connectivity index (χ1v) is 15.1. The molecule has 0 unspecified atom stereocenters. The molecule has 0 aromatic heterocycles. The number of nitrogens with zero attached hydrogens (tertiary/aromatic N) is 2. The van der Waals surface area contributed by atoms with E-state index < -0.39 is 28.5 Å². The summed E-state index contributed by atoms with van der Waals surface area (Å²) in [5.41, 5.74) is 1.02. The van der Waals surface area contributed by atoms with Crippen LogP contribution in [0, 0.1) is 0 Å². The first-order chi connectivity index (χ1) is 19.2. The Morgan fingerprint density at radius 2 is 1.62 bits per heavy atom. The summed E-state index contributed by atoms with van der Waals surface area (Å²) in [6.07, 6.45) is 2.09. The van der Waals surface area contributed by atoms with Crippen LogP contribution in [-0.4, -0.2) is 51.4 Å². The Bertz CT molecular complexity index is 1370. The van der Waals surface area contributed by atoms with Crippen LogP contribution < -0.4 is 14.4 Å². The molecule has 0 spiro atoms. The summed E-state index contributed by atoms with van der Waals surface area (Å²) in [6, 6.07) is 20.9.